The van der Waals surface area contributed by atoms with Gasteiger partial charge in [-0.1, -0.05) is 31.5 Å². The molecule has 0 aromatic heterocycles. The maximum absolute atomic E-state index is 2.25. The predicted molar refractivity (Wildman–Crippen MR) is 57.4 cm³/mol. The predicted octanol–water partition coefficient (Wildman–Crippen LogP) is 2.02. The second kappa shape index (κ2) is 5.76. The van der Waals surface area contributed by atoms with E-state index < -0.39 is 0 Å². The van der Waals surface area contributed by atoms with Crippen molar-refractivity contribution in [2.24, 2.45) is 0 Å². The summed E-state index contributed by atoms with van der Waals surface area (Å²) in [4.78, 5) is 1.60. The largest absolute Gasteiger partial charge is 0.303 e. The molecular formula is C12H20N+. The van der Waals surface area contributed by atoms with Crippen LogP contribution in [0.2, 0.25) is 0 Å². The highest BCUT2D eigenvalue weighted by atomic mass is 15.1. The lowest BCUT2D eigenvalue weighted by Gasteiger charge is -2.16. The van der Waals surface area contributed by atoms with Crippen LogP contribution in [0.25, 0.3) is 0 Å². The van der Waals surface area contributed by atoms with Gasteiger partial charge < -0.3 is 4.90 Å². The Labute approximate surface area is 81.4 Å². The van der Waals surface area contributed by atoms with Crippen LogP contribution in [0, 0.1) is 0 Å². The Kier molecular flexibility index (Phi) is 4.55. The third-order valence-electron chi connectivity index (χ3n) is 2.44. The lowest BCUT2D eigenvalue weighted by molar-refractivity contribution is -0.831. The first-order chi connectivity index (χ1) is 6.38. The van der Waals surface area contributed by atoms with E-state index in [0.717, 1.165) is 0 Å². The van der Waals surface area contributed by atoms with E-state index >= 15 is 0 Å². The number of para-hydroxylation sites is 1. The lowest BCUT2D eigenvalue weighted by Crippen LogP contribution is -3.06. The molecule has 1 heteroatoms. The molecule has 1 atom stereocenters. The molecule has 72 valence electrons. The fourth-order valence-electron chi connectivity index (χ4n) is 1.59. The third kappa shape index (κ3) is 3.19. The van der Waals surface area contributed by atoms with E-state index in [1.807, 2.05) is 0 Å². The second-order valence-corrected chi connectivity index (χ2v) is 3.43. The van der Waals surface area contributed by atoms with Crippen LogP contribution in [-0.2, 0) is 0 Å². The van der Waals surface area contributed by atoms with Crippen molar-refractivity contribution in [3.05, 3.63) is 30.3 Å². The van der Waals surface area contributed by atoms with E-state index in [0.29, 0.717) is 0 Å². The van der Waals surface area contributed by atoms with Gasteiger partial charge in [0.1, 0.15) is 5.69 Å². The molecule has 1 aromatic rings. The van der Waals surface area contributed by atoms with Crippen molar-refractivity contribution in [1.29, 1.82) is 0 Å². The number of nitrogens with one attached hydrogen (secondary N) is 1. The second-order valence-electron chi connectivity index (χ2n) is 3.43. The summed E-state index contributed by atoms with van der Waals surface area (Å²) in [6, 6.07) is 10.8. The summed E-state index contributed by atoms with van der Waals surface area (Å²) < 4.78 is 0. The smallest absolute Gasteiger partial charge is 0.131 e. The minimum Gasteiger partial charge on any atom is -0.303 e. The summed E-state index contributed by atoms with van der Waals surface area (Å²) in [5.41, 5.74) is 1.43. The molecule has 0 radical (unpaired) electrons. The van der Waals surface area contributed by atoms with Crippen molar-refractivity contribution in [3.8, 4) is 0 Å². The summed E-state index contributed by atoms with van der Waals surface area (Å²) in [7, 11) is 0. The van der Waals surface area contributed by atoms with E-state index in [-0.39, 0.29) is 0 Å². The highest BCUT2D eigenvalue weighted by Gasteiger charge is 2.06. The topological polar surface area (TPSA) is 4.44 Å². The molecule has 1 unspecified atom stereocenters. The molecule has 0 heterocycles. The molecule has 0 aliphatic carbocycles. The van der Waals surface area contributed by atoms with E-state index in [1.165, 1.54) is 31.6 Å². The number of benzene rings is 1. The monoisotopic (exact) mass is 178 g/mol. The van der Waals surface area contributed by atoms with Gasteiger partial charge in [-0.05, 0) is 25.5 Å². The minimum atomic E-state index is 1.18. The first-order valence-corrected chi connectivity index (χ1v) is 5.28. The van der Waals surface area contributed by atoms with Crippen molar-refractivity contribution >= 4 is 5.69 Å². The molecule has 0 amide bonds. The number of rotatable bonds is 5. The molecule has 0 fully saturated rings. The number of unbranched alkanes of at least 4 members (excludes halogenated alkanes) is 1. The SMILES string of the molecule is CCCC[NH+](CC)c1ccccc1. The standard InChI is InChI=1S/C12H19N/c1-3-5-11-13(4-2)12-9-7-6-8-10-12/h6-10H,3-5,11H2,1-2H3/p+1. The normalized spacial score (nSPS) is 12.8. The molecule has 1 N–H and O–H groups in total. The van der Waals surface area contributed by atoms with Crippen LogP contribution in [-0.4, -0.2) is 13.1 Å². The zero-order valence-electron chi connectivity index (χ0n) is 8.72. The summed E-state index contributed by atoms with van der Waals surface area (Å²) >= 11 is 0. The quantitative estimate of drug-likeness (QED) is 0.703. The maximum Gasteiger partial charge on any atom is 0.131 e. The van der Waals surface area contributed by atoms with Crippen LogP contribution < -0.4 is 4.90 Å². The van der Waals surface area contributed by atoms with Gasteiger partial charge in [0.15, 0.2) is 0 Å². The van der Waals surface area contributed by atoms with Gasteiger partial charge in [-0.25, -0.2) is 0 Å². The molecule has 1 rings (SSSR count). The maximum atomic E-state index is 2.25. The number of hydrogen-bond donors (Lipinski definition) is 1. The summed E-state index contributed by atoms with van der Waals surface area (Å²) in [6.45, 7) is 6.94. The molecular weight excluding hydrogens is 158 g/mol. The van der Waals surface area contributed by atoms with Crippen molar-refractivity contribution in [2.45, 2.75) is 26.7 Å². The molecule has 13 heavy (non-hydrogen) atoms. The van der Waals surface area contributed by atoms with Gasteiger partial charge in [-0.15, -0.1) is 0 Å². The molecule has 1 aromatic carbocycles. The number of hydrogen-bond acceptors (Lipinski definition) is 0. The van der Waals surface area contributed by atoms with Gasteiger partial charge in [0.25, 0.3) is 0 Å². The van der Waals surface area contributed by atoms with E-state index in [9.17, 15) is 0 Å². The van der Waals surface area contributed by atoms with E-state index in [1.54, 1.807) is 4.90 Å². The first kappa shape index (κ1) is 10.3. The van der Waals surface area contributed by atoms with Crippen molar-refractivity contribution in [3.63, 3.8) is 0 Å². The Bertz CT molecular complexity index is 218. The van der Waals surface area contributed by atoms with Crippen LogP contribution in [0.5, 0.6) is 0 Å². The van der Waals surface area contributed by atoms with Crippen molar-refractivity contribution in [2.75, 3.05) is 13.1 Å². The summed E-state index contributed by atoms with van der Waals surface area (Å²) in [5.74, 6) is 0. The highest BCUT2D eigenvalue weighted by Crippen LogP contribution is 1.98. The molecule has 0 bridgehead atoms. The lowest BCUT2D eigenvalue weighted by atomic mass is 10.2. The van der Waals surface area contributed by atoms with Gasteiger partial charge in [-0.3, -0.25) is 0 Å². The highest BCUT2D eigenvalue weighted by molar-refractivity contribution is 5.27. The third-order valence-corrected chi connectivity index (χ3v) is 2.44. The average molecular weight is 178 g/mol. The van der Waals surface area contributed by atoms with Crippen LogP contribution in [0.1, 0.15) is 26.7 Å². The molecule has 0 saturated carbocycles. The van der Waals surface area contributed by atoms with Crippen molar-refractivity contribution < 1.29 is 4.90 Å². The van der Waals surface area contributed by atoms with Crippen molar-refractivity contribution in [1.82, 2.24) is 0 Å². The van der Waals surface area contributed by atoms with Crippen LogP contribution >= 0.6 is 0 Å². The van der Waals surface area contributed by atoms with Gasteiger partial charge >= 0.3 is 0 Å². The van der Waals surface area contributed by atoms with Gasteiger partial charge in [0, 0.05) is 0 Å². The fraction of sp³-hybridized carbons (Fsp3) is 0.500. The Morgan fingerprint density at radius 2 is 1.77 bits per heavy atom. The van der Waals surface area contributed by atoms with E-state index in [4.69, 9.17) is 0 Å². The number of quaternary nitrogens is 1. The Hall–Kier alpha value is -0.820. The average Bonchev–Trinajstić information content (AvgIpc) is 2.21. The van der Waals surface area contributed by atoms with Crippen LogP contribution in [0.15, 0.2) is 30.3 Å². The van der Waals surface area contributed by atoms with Crippen LogP contribution in [0.3, 0.4) is 0 Å². The molecule has 1 nitrogen and oxygen atoms in total. The molecule has 0 aliphatic rings. The molecule has 0 saturated heterocycles. The van der Waals surface area contributed by atoms with Gasteiger partial charge in [0.2, 0.25) is 0 Å². The first-order valence-electron chi connectivity index (χ1n) is 5.28. The van der Waals surface area contributed by atoms with Crippen LogP contribution in [0.4, 0.5) is 5.69 Å². The zero-order valence-corrected chi connectivity index (χ0v) is 8.72. The minimum absolute atomic E-state index is 1.18. The van der Waals surface area contributed by atoms with Gasteiger partial charge in [-0.2, -0.15) is 0 Å². The van der Waals surface area contributed by atoms with E-state index in [2.05, 4.69) is 44.2 Å². The zero-order chi connectivity index (χ0) is 9.52. The Morgan fingerprint density at radius 3 is 2.31 bits per heavy atom. The Balaban J connectivity index is 2.56. The molecule has 0 aliphatic heterocycles. The summed E-state index contributed by atoms with van der Waals surface area (Å²) in [6.07, 6.45) is 2.61. The van der Waals surface area contributed by atoms with Gasteiger partial charge in [0.05, 0.1) is 13.1 Å². The Morgan fingerprint density at radius 1 is 1.08 bits per heavy atom. The fourth-order valence-corrected chi connectivity index (χ4v) is 1.59. The summed E-state index contributed by atoms with van der Waals surface area (Å²) in [5, 5.41) is 0. The molecule has 0 spiro atoms.